The largest absolute Gasteiger partial charge is 0.314 e. The average molecular weight is 295 g/mol. The summed E-state index contributed by atoms with van der Waals surface area (Å²) in [5.41, 5.74) is 0. The first-order valence-corrected chi connectivity index (χ1v) is 9.61. The van der Waals surface area contributed by atoms with Crippen LogP contribution in [-0.4, -0.2) is 36.6 Å². The molecule has 124 valence electrons. The molecule has 0 aromatic heterocycles. The van der Waals surface area contributed by atoms with Gasteiger partial charge in [-0.05, 0) is 70.3 Å². The highest BCUT2D eigenvalue weighted by atomic mass is 15.2. The SMILES string of the molecule is CCCC1CCC(NCC)C(CN(CC2CC2)C(C)C)C1. The normalized spacial score (nSPS) is 30.3. The first kappa shape index (κ1) is 17.3. The van der Waals surface area contributed by atoms with E-state index in [4.69, 9.17) is 0 Å². The topological polar surface area (TPSA) is 15.3 Å². The van der Waals surface area contributed by atoms with Crippen LogP contribution in [0.3, 0.4) is 0 Å². The molecule has 3 atom stereocenters. The van der Waals surface area contributed by atoms with Gasteiger partial charge in [0.15, 0.2) is 0 Å². The third-order valence-corrected chi connectivity index (χ3v) is 5.64. The summed E-state index contributed by atoms with van der Waals surface area (Å²) >= 11 is 0. The van der Waals surface area contributed by atoms with Gasteiger partial charge in [-0.25, -0.2) is 0 Å². The lowest BCUT2D eigenvalue weighted by Crippen LogP contribution is -2.47. The molecule has 2 heteroatoms. The van der Waals surface area contributed by atoms with E-state index in [0.29, 0.717) is 6.04 Å². The van der Waals surface area contributed by atoms with Crippen LogP contribution in [0.1, 0.15) is 72.6 Å². The number of rotatable bonds is 9. The Hall–Kier alpha value is -0.0800. The second-order valence-corrected chi connectivity index (χ2v) is 7.88. The Labute approximate surface area is 133 Å². The van der Waals surface area contributed by atoms with Gasteiger partial charge in [0.25, 0.3) is 0 Å². The van der Waals surface area contributed by atoms with Crippen LogP contribution in [0, 0.1) is 17.8 Å². The van der Waals surface area contributed by atoms with E-state index in [9.17, 15) is 0 Å². The molecule has 0 aromatic carbocycles. The molecule has 0 aliphatic heterocycles. The predicted molar refractivity (Wildman–Crippen MR) is 92.6 cm³/mol. The van der Waals surface area contributed by atoms with Crippen molar-refractivity contribution in [3.63, 3.8) is 0 Å². The van der Waals surface area contributed by atoms with Crippen LogP contribution in [0.15, 0.2) is 0 Å². The van der Waals surface area contributed by atoms with Gasteiger partial charge in [-0.2, -0.15) is 0 Å². The van der Waals surface area contributed by atoms with Crippen molar-refractivity contribution in [2.75, 3.05) is 19.6 Å². The van der Waals surface area contributed by atoms with Crippen LogP contribution in [0.4, 0.5) is 0 Å². The zero-order valence-electron chi connectivity index (χ0n) is 14.9. The first-order chi connectivity index (χ1) is 10.1. The molecule has 0 radical (unpaired) electrons. The average Bonchev–Trinajstić information content (AvgIpc) is 3.25. The van der Waals surface area contributed by atoms with Crippen molar-refractivity contribution in [2.24, 2.45) is 17.8 Å². The van der Waals surface area contributed by atoms with E-state index in [1.807, 2.05) is 0 Å². The van der Waals surface area contributed by atoms with Crippen molar-refractivity contribution >= 4 is 0 Å². The molecule has 2 aliphatic carbocycles. The lowest BCUT2D eigenvalue weighted by atomic mass is 9.76. The Morgan fingerprint density at radius 1 is 1.00 bits per heavy atom. The van der Waals surface area contributed by atoms with Gasteiger partial charge in [0.1, 0.15) is 0 Å². The Morgan fingerprint density at radius 2 is 1.71 bits per heavy atom. The second kappa shape index (κ2) is 8.53. The fourth-order valence-electron chi connectivity index (χ4n) is 4.19. The van der Waals surface area contributed by atoms with Crippen molar-refractivity contribution in [2.45, 2.75) is 84.7 Å². The quantitative estimate of drug-likeness (QED) is 0.682. The molecule has 2 rings (SSSR count). The lowest BCUT2D eigenvalue weighted by molar-refractivity contribution is 0.114. The summed E-state index contributed by atoms with van der Waals surface area (Å²) in [6.07, 6.45) is 10.1. The van der Waals surface area contributed by atoms with E-state index < -0.39 is 0 Å². The third kappa shape index (κ3) is 5.56. The summed E-state index contributed by atoms with van der Waals surface area (Å²) < 4.78 is 0. The minimum Gasteiger partial charge on any atom is -0.314 e. The molecule has 0 spiro atoms. The molecule has 2 fully saturated rings. The molecule has 0 aromatic rings. The molecule has 1 N–H and O–H groups in total. The summed E-state index contributed by atoms with van der Waals surface area (Å²) in [5.74, 6) is 2.88. The predicted octanol–water partition coefficient (Wildman–Crippen LogP) is 4.30. The summed E-state index contributed by atoms with van der Waals surface area (Å²) in [4.78, 5) is 2.78. The minimum atomic E-state index is 0.708. The summed E-state index contributed by atoms with van der Waals surface area (Å²) in [6, 6.07) is 1.47. The van der Waals surface area contributed by atoms with Crippen LogP contribution in [0.5, 0.6) is 0 Å². The molecule has 2 saturated carbocycles. The zero-order chi connectivity index (χ0) is 15.2. The van der Waals surface area contributed by atoms with E-state index in [2.05, 4.69) is 37.9 Å². The van der Waals surface area contributed by atoms with Gasteiger partial charge in [-0.1, -0.05) is 26.7 Å². The van der Waals surface area contributed by atoms with Crippen LogP contribution in [0.2, 0.25) is 0 Å². The highest BCUT2D eigenvalue weighted by Gasteiger charge is 2.33. The van der Waals surface area contributed by atoms with Crippen molar-refractivity contribution in [1.29, 1.82) is 0 Å². The smallest absolute Gasteiger partial charge is 0.0108 e. The van der Waals surface area contributed by atoms with Crippen LogP contribution in [0.25, 0.3) is 0 Å². The van der Waals surface area contributed by atoms with E-state index in [1.54, 1.807) is 0 Å². The molecule has 21 heavy (non-hydrogen) atoms. The minimum absolute atomic E-state index is 0.708. The maximum Gasteiger partial charge on any atom is 0.0108 e. The van der Waals surface area contributed by atoms with E-state index in [1.165, 1.54) is 58.0 Å². The van der Waals surface area contributed by atoms with Gasteiger partial charge in [-0.3, -0.25) is 0 Å². The number of hydrogen-bond acceptors (Lipinski definition) is 2. The molecular formula is C19H38N2. The Balaban J connectivity index is 1.92. The van der Waals surface area contributed by atoms with Crippen LogP contribution in [-0.2, 0) is 0 Å². The molecular weight excluding hydrogens is 256 g/mol. The second-order valence-electron chi connectivity index (χ2n) is 7.88. The van der Waals surface area contributed by atoms with E-state index in [-0.39, 0.29) is 0 Å². The third-order valence-electron chi connectivity index (χ3n) is 5.64. The molecule has 0 bridgehead atoms. The highest BCUT2D eigenvalue weighted by Crippen LogP contribution is 2.35. The number of nitrogens with one attached hydrogen (secondary N) is 1. The van der Waals surface area contributed by atoms with Gasteiger partial charge >= 0.3 is 0 Å². The Bertz CT molecular complexity index is 285. The lowest BCUT2D eigenvalue weighted by Gasteiger charge is -2.40. The molecule has 0 heterocycles. The highest BCUT2D eigenvalue weighted by molar-refractivity contribution is 4.88. The maximum atomic E-state index is 3.78. The van der Waals surface area contributed by atoms with Crippen molar-refractivity contribution in [3.05, 3.63) is 0 Å². The molecule has 2 aliphatic rings. The maximum absolute atomic E-state index is 3.78. The summed E-state index contributed by atoms with van der Waals surface area (Å²) in [6.45, 7) is 13.2. The molecule has 0 amide bonds. The molecule has 2 nitrogen and oxygen atoms in total. The first-order valence-electron chi connectivity index (χ1n) is 9.61. The standard InChI is InChI=1S/C19H38N2/c1-5-7-16-10-11-19(20-6-2)18(12-16)14-21(15(3)4)13-17-8-9-17/h15-20H,5-14H2,1-4H3. The van der Waals surface area contributed by atoms with Crippen molar-refractivity contribution in [1.82, 2.24) is 10.2 Å². The number of nitrogens with zero attached hydrogens (tertiary/aromatic N) is 1. The molecule has 0 saturated heterocycles. The van der Waals surface area contributed by atoms with Crippen molar-refractivity contribution in [3.8, 4) is 0 Å². The Kier molecular flexibility index (Phi) is 7.01. The van der Waals surface area contributed by atoms with Gasteiger partial charge < -0.3 is 10.2 Å². The summed E-state index contributed by atoms with van der Waals surface area (Å²) in [7, 11) is 0. The van der Waals surface area contributed by atoms with E-state index in [0.717, 1.165) is 30.3 Å². The zero-order valence-corrected chi connectivity index (χ0v) is 14.9. The van der Waals surface area contributed by atoms with Crippen LogP contribution < -0.4 is 5.32 Å². The molecule has 3 unspecified atom stereocenters. The summed E-state index contributed by atoms with van der Waals surface area (Å²) in [5, 5.41) is 3.78. The van der Waals surface area contributed by atoms with Gasteiger partial charge in [0.05, 0.1) is 0 Å². The Morgan fingerprint density at radius 3 is 2.29 bits per heavy atom. The van der Waals surface area contributed by atoms with Crippen molar-refractivity contribution < 1.29 is 0 Å². The fourth-order valence-corrected chi connectivity index (χ4v) is 4.19. The fraction of sp³-hybridized carbons (Fsp3) is 1.00. The van der Waals surface area contributed by atoms with Gasteiger partial charge in [0.2, 0.25) is 0 Å². The monoisotopic (exact) mass is 294 g/mol. The van der Waals surface area contributed by atoms with Gasteiger partial charge in [-0.15, -0.1) is 0 Å². The van der Waals surface area contributed by atoms with E-state index >= 15 is 0 Å². The van der Waals surface area contributed by atoms with Crippen LogP contribution >= 0.6 is 0 Å². The number of hydrogen-bond donors (Lipinski definition) is 1. The van der Waals surface area contributed by atoms with Gasteiger partial charge in [0, 0.05) is 25.2 Å².